The lowest BCUT2D eigenvalue weighted by Crippen LogP contribution is -2.31. The van der Waals surface area contributed by atoms with Crippen LogP contribution >= 0.6 is 11.6 Å². The molecule has 0 aliphatic carbocycles. The van der Waals surface area contributed by atoms with Crippen LogP contribution in [0.1, 0.15) is 27.2 Å². The van der Waals surface area contributed by atoms with E-state index < -0.39 is 0 Å². The highest BCUT2D eigenvalue weighted by Gasteiger charge is 2.26. The van der Waals surface area contributed by atoms with Gasteiger partial charge in [0.15, 0.2) is 0 Å². The minimum Gasteiger partial charge on any atom is -0.345 e. The van der Waals surface area contributed by atoms with Crippen LogP contribution in [-0.2, 0) is 13.1 Å². The van der Waals surface area contributed by atoms with Crippen LogP contribution in [0.3, 0.4) is 0 Å². The van der Waals surface area contributed by atoms with Crippen molar-refractivity contribution in [2.24, 2.45) is 0 Å². The smallest absolute Gasteiger partial charge is 0.260 e. The Hall–Kier alpha value is -3.02. The second-order valence-corrected chi connectivity index (χ2v) is 7.76. The molecule has 2 aliphatic rings. The molecule has 3 heterocycles. The SMILES string of the molecule is CN1NCC=C1c1ccc(C(=O)N2Cc3cccn3Cc3ccccc32)c(Cl)c1. The van der Waals surface area contributed by atoms with Crippen LogP contribution < -0.4 is 10.3 Å². The molecule has 0 radical (unpaired) electrons. The fourth-order valence-electron chi connectivity index (χ4n) is 4.07. The number of benzene rings is 2. The van der Waals surface area contributed by atoms with Crippen molar-refractivity contribution in [1.29, 1.82) is 0 Å². The number of carbonyl (C=O) groups is 1. The highest BCUT2D eigenvalue weighted by Crippen LogP contribution is 2.32. The van der Waals surface area contributed by atoms with E-state index in [1.54, 1.807) is 0 Å². The van der Waals surface area contributed by atoms with E-state index in [1.165, 1.54) is 0 Å². The van der Waals surface area contributed by atoms with E-state index in [0.717, 1.165) is 41.3 Å². The minimum absolute atomic E-state index is 0.0875. The zero-order valence-electron chi connectivity index (χ0n) is 16.1. The van der Waals surface area contributed by atoms with E-state index in [-0.39, 0.29) is 5.91 Å². The molecule has 5 nitrogen and oxygen atoms in total. The summed E-state index contributed by atoms with van der Waals surface area (Å²) in [6.07, 6.45) is 4.16. The first-order valence-electron chi connectivity index (χ1n) is 9.63. The first-order valence-corrected chi connectivity index (χ1v) is 10.0. The third-order valence-corrected chi connectivity index (χ3v) is 5.91. The number of amides is 1. The van der Waals surface area contributed by atoms with Gasteiger partial charge in [0, 0.05) is 43.3 Å². The lowest BCUT2D eigenvalue weighted by Gasteiger charge is -2.24. The van der Waals surface area contributed by atoms with E-state index in [2.05, 4.69) is 34.4 Å². The van der Waals surface area contributed by atoms with Gasteiger partial charge in [0.05, 0.1) is 22.8 Å². The lowest BCUT2D eigenvalue weighted by molar-refractivity contribution is 0.0985. The van der Waals surface area contributed by atoms with E-state index in [4.69, 9.17) is 11.6 Å². The summed E-state index contributed by atoms with van der Waals surface area (Å²) in [7, 11) is 1.97. The summed E-state index contributed by atoms with van der Waals surface area (Å²) in [5.41, 5.74) is 8.94. The number of anilines is 1. The molecule has 6 heteroatoms. The fourth-order valence-corrected chi connectivity index (χ4v) is 4.33. The quantitative estimate of drug-likeness (QED) is 0.697. The van der Waals surface area contributed by atoms with Crippen LogP contribution in [0.15, 0.2) is 66.9 Å². The Labute approximate surface area is 174 Å². The summed E-state index contributed by atoms with van der Waals surface area (Å²) < 4.78 is 2.19. The summed E-state index contributed by atoms with van der Waals surface area (Å²) in [5.74, 6) is -0.0875. The normalized spacial score (nSPS) is 15.6. The van der Waals surface area contributed by atoms with Crippen LogP contribution in [0.5, 0.6) is 0 Å². The summed E-state index contributed by atoms with van der Waals surface area (Å²) in [4.78, 5) is 15.4. The average molecular weight is 405 g/mol. The zero-order valence-corrected chi connectivity index (χ0v) is 16.9. The average Bonchev–Trinajstić information content (AvgIpc) is 3.31. The van der Waals surface area contributed by atoms with Crippen LogP contribution in [0.25, 0.3) is 5.70 Å². The lowest BCUT2D eigenvalue weighted by atomic mass is 10.1. The Balaban J connectivity index is 1.53. The van der Waals surface area contributed by atoms with Gasteiger partial charge in [-0.15, -0.1) is 0 Å². The molecule has 0 spiro atoms. The second-order valence-electron chi connectivity index (χ2n) is 7.35. The van der Waals surface area contributed by atoms with E-state index in [1.807, 2.05) is 59.4 Å². The van der Waals surface area contributed by atoms with Gasteiger partial charge in [0.1, 0.15) is 0 Å². The number of carbonyl (C=O) groups excluding carboxylic acids is 1. The minimum atomic E-state index is -0.0875. The monoisotopic (exact) mass is 404 g/mol. The number of aromatic nitrogens is 1. The molecule has 29 heavy (non-hydrogen) atoms. The predicted molar refractivity (Wildman–Crippen MR) is 116 cm³/mol. The van der Waals surface area contributed by atoms with Gasteiger partial charge < -0.3 is 14.5 Å². The van der Waals surface area contributed by atoms with E-state index >= 15 is 0 Å². The number of halogens is 1. The van der Waals surface area contributed by atoms with E-state index in [0.29, 0.717) is 17.1 Å². The van der Waals surface area contributed by atoms with Crippen molar-refractivity contribution in [3.63, 3.8) is 0 Å². The van der Waals surface area contributed by atoms with Gasteiger partial charge in [-0.2, -0.15) is 0 Å². The maximum atomic E-state index is 13.6. The van der Waals surface area contributed by atoms with Gasteiger partial charge in [0.25, 0.3) is 5.91 Å². The molecule has 3 aromatic rings. The van der Waals surface area contributed by atoms with Crippen molar-refractivity contribution < 1.29 is 4.79 Å². The van der Waals surface area contributed by atoms with Crippen molar-refractivity contribution in [2.45, 2.75) is 13.1 Å². The van der Waals surface area contributed by atoms with Gasteiger partial charge in [0.2, 0.25) is 0 Å². The number of rotatable bonds is 2. The Morgan fingerprint density at radius 3 is 2.72 bits per heavy atom. The Morgan fingerprint density at radius 1 is 1.07 bits per heavy atom. The van der Waals surface area contributed by atoms with Crippen molar-refractivity contribution >= 4 is 28.9 Å². The number of nitrogens with zero attached hydrogens (tertiary/aromatic N) is 3. The Morgan fingerprint density at radius 2 is 1.93 bits per heavy atom. The summed E-state index contributed by atoms with van der Waals surface area (Å²) in [6, 6.07) is 17.8. The molecule has 0 unspecified atom stereocenters. The molecule has 1 N–H and O–H groups in total. The molecule has 2 aliphatic heterocycles. The standard InChI is InChI=1S/C23H21ClN4O/c1-26-21(10-11-25-26)16-8-9-19(20(24)13-16)23(29)28-15-18-6-4-12-27(18)14-17-5-2-3-7-22(17)28/h2-10,12-13,25H,11,14-15H2,1H3. The van der Waals surface area contributed by atoms with Crippen LogP contribution in [0, 0.1) is 0 Å². The topological polar surface area (TPSA) is 40.5 Å². The van der Waals surface area contributed by atoms with Gasteiger partial charge in [-0.1, -0.05) is 35.9 Å². The number of hydrogen-bond donors (Lipinski definition) is 1. The first kappa shape index (κ1) is 18.0. The molecular weight excluding hydrogens is 384 g/mol. The maximum Gasteiger partial charge on any atom is 0.260 e. The van der Waals surface area contributed by atoms with Gasteiger partial charge in [-0.3, -0.25) is 4.79 Å². The highest BCUT2D eigenvalue weighted by atomic mass is 35.5. The largest absolute Gasteiger partial charge is 0.345 e. The maximum absolute atomic E-state index is 13.6. The molecule has 1 amide bonds. The zero-order chi connectivity index (χ0) is 20.0. The van der Waals surface area contributed by atoms with Crippen LogP contribution in [0.2, 0.25) is 5.02 Å². The third kappa shape index (κ3) is 3.12. The molecule has 5 rings (SSSR count). The van der Waals surface area contributed by atoms with Crippen molar-refractivity contribution in [1.82, 2.24) is 15.0 Å². The van der Waals surface area contributed by atoms with Gasteiger partial charge >= 0.3 is 0 Å². The van der Waals surface area contributed by atoms with Crippen LogP contribution in [0.4, 0.5) is 5.69 Å². The van der Waals surface area contributed by atoms with Gasteiger partial charge in [-0.05, 0) is 42.0 Å². The highest BCUT2D eigenvalue weighted by molar-refractivity contribution is 6.34. The Bertz CT molecular complexity index is 1130. The summed E-state index contributed by atoms with van der Waals surface area (Å²) in [5, 5.41) is 2.43. The van der Waals surface area contributed by atoms with Crippen LogP contribution in [-0.4, -0.2) is 29.1 Å². The number of hydrazine groups is 1. The molecule has 2 aromatic carbocycles. The molecule has 1 aromatic heterocycles. The number of fused-ring (bicyclic) bond motifs is 2. The second kappa shape index (κ2) is 7.10. The van der Waals surface area contributed by atoms with Crippen molar-refractivity contribution in [3.8, 4) is 0 Å². The molecule has 0 atom stereocenters. The Kier molecular flexibility index (Phi) is 4.42. The number of nitrogens with one attached hydrogen (secondary N) is 1. The van der Waals surface area contributed by atoms with Gasteiger partial charge in [-0.25, -0.2) is 5.43 Å². The molecular formula is C23H21ClN4O. The first-order chi connectivity index (χ1) is 14.1. The summed E-state index contributed by atoms with van der Waals surface area (Å²) in [6.45, 7) is 2.05. The number of para-hydroxylation sites is 1. The number of hydrogen-bond acceptors (Lipinski definition) is 3. The third-order valence-electron chi connectivity index (χ3n) is 5.59. The molecule has 0 saturated heterocycles. The van der Waals surface area contributed by atoms with Crippen molar-refractivity contribution in [2.75, 3.05) is 18.5 Å². The summed E-state index contributed by atoms with van der Waals surface area (Å²) >= 11 is 6.60. The molecule has 0 bridgehead atoms. The molecule has 0 saturated carbocycles. The molecule has 146 valence electrons. The predicted octanol–water partition coefficient (Wildman–Crippen LogP) is 4.14. The van der Waals surface area contributed by atoms with Crippen molar-refractivity contribution in [3.05, 3.63) is 94.3 Å². The van der Waals surface area contributed by atoms with E-state index in [9.17, 15) is 4.79 Å². The fraction of sp³-hybridized carbons (Fsp3) is 0.174. The molecule has 0 fully saturated rings.